The second-order valence-electron chi connectivity index (χ2n) is 6.67. The number of nitrogens with zero attached hydrogens (tertiary/aromatic N) is 6. The zero-order chi connectivity index (χ0) is 20.4. The molecule has 7 heteroatoms. The van der Waals surface area contributed by atoms with E-state index in [0.717, 1.165) is 28.3 Å². The molecule has 0 aliphatic carbocycles. The van der Waals surface area contributed by atoms with Crippen molar-refractivity contribution in [2.45, 2.75) is 6.92 Å². The maximum Gasteiger partial charge on any atom is 0.180 e. The first-order valence-corrected chi connectivity index (χ1v) is 9.07. The highest BCUT2D eigenvalue weighted by Gasteiger charge is 2.14. The first-order valence-electron chi connectivity index (χ1n) is 9.07. The standard InChI is InChI=1S/C22H20N6O/c1-5-8-28(17-9-15(2)10-18(11-17)29-4)21-7-6-19-22(26-21)25-20(13-23-19)16-12-24-27(3)14-16/h1,6-7,9-14H,8H2,2-4H3. The summed E-state index contributed by atoms with van der Waals surface area (Å²) in [5.74, 6) is 4.17. The minimum absolute atomic E-state index is 0.362. The van der Waals surface area contributed by atoms with Crippen molar-refractivity contribution in [3.63, 3.8) is 0 Å². The molecule has 0 bridgehead atoms. The predicted octanol–water partition coefficient (Wildman–Crippen LogP) is 3.51. The third kappa shape index (κ3) is 3.73. The van der Waals surface area contributed by atoms with Crippen molar-refractivity contribution in [1.29, 1.82) is 0 Å². The molecule has 0 unspecified atom stereocenters. The number of aromatic nitrogens is 5. The quantitative estimate of drug-likeness (QED) is 0.491. The van der Waals surface area contributed by atoms with E-state index in [2.05, 4.69) is 21.0 Å². The number of pyridine rings is 1. The van der Waals surface area contributed by atoms with Crippen LogP contribution in [0.4, 0.5) is 11.5 Å². The molecule has 29 heavy (non-hydrogen) atoms. The minimum atomic E-state index is 0.362. The van der Waals surface area contributed by atoms with Crippen molar-refractivity contribution in [2.75, 3.05) is 18.6 Å². The third-order valence-electron chi connectivity index (χ3n) is 4.50. The fourth-order valence-corrected chi connectivity index (χ4v) is 3.13. The molecule has 0 radical (unpaired) electrons. The van der Waals surface area contributed by atoms with Crippen LogP contribution in [0, 0.1) is 19.3 Å². The number of terminal acetylenes is 1. The molecule has 0 atom stereocenters. The summed E-state index contributed by atoms with van der Waals surface area (Å²) in [6.07, 6.45) is 11.0. The molecular weight excluding hydrogens is 364 g/mol. The van der Waals surface area contributed by atoms with Crippen LogP contribution in [-0.4, -0.2) is 38.4 Å². The van der Waals surface area contributed by atoms with Crippen LogP contribution in [0.25, 0.3) is 22.4 Å². The SMILES string of the molecule is C#CCN(c1cc(C)cc(OC)c1)c1ccc2ncc(-c3cnn(C)c3)nc2n1. The van der Waals surface area contributed by atoms with Gasteiger partial charge in [0, 0.05) is 30.6 Å². The van der Waals surface area contributed by atoms with Crippen LogP contribution < -0.4 is 9.64 Å². The van der Waals surface area contributed by atoms with Gasteiger partial charge in [-0.25, -0.2) is 9.97 Å². The number of fused-ring (bicyclic) bond motifs is 1. The van der Waals surface area contributed by atoms with Crippen molar-refractivity contribution in [1.82, 2.24) is 24.7 Å². The molecule has 0 saturated carbocycles. The second-order valence-corrected chi connectivity index (χ2v) is 6.67. The Labute approximate surface area is 169 Å². The van der Waals surface area contributed by atoms with Gasteiger partial charge in [0.15, 0.2) is 5.65 Å². The number of methoxy groups -OCH3 is 1. The van der Waals surface area contributed by atoms with Gasteiger partial charge in [0.2, 0.25) is 0 Å². The van der Waals surface area contributed by atoms with Gasteiger partial charge in [0.05, 0.1) is 31.7 Å². The van der Waals surface area contributed by atoms with Gasteiger partial charge in [0.25, 0.3) is 0 Å². The van der Waals surface area contributed by atoms with Crippen LogP contribution in [0.2, 0.25) is 0 Å². The van der Waals surface area contributed by atoms with Crippen molar-refractivity contribution in [3.05, 3.63) is 54.5 Å². The Kier molecular flexibility index (Phi) is 4.83. The molecule has 3 heterocycles. The lowest BCUT2D eigenvalue weighted by Gasteiger charge is -2.22. The van der Waals surface area contributed by atoms with E-state index in [1.54, 1.807) is 24.2 Å². The van der Waals surface area contributed by atoms with E-state index >= 15 is 0 Å². The molecule has 0 fully saturated rings. The third-order valence-corrected chi connectivity index (χ3v) is 4.50. The molecule has 4 aromatic rings. The van der Waals surface area contributed by atoms with E-state index in [1.165, 1.54) is 0 Å². The molecule has 0 aliphatic rings. The largest absolute Gasteiger partial charge is 0.497 e. The highest BCUT2D eigenvalue weighted by Crippen LogP contribution is 2.29. The first-order chi connectivity index (χ1) is 14.1. The number of rotatable bonds is 5. The Morgan fingerprint density at radius 2 is 2.03 bits per heavy atom. The molecule has 4 rings (SSSR count). The van der Waals surface area contributed by atoms with Gasteiger partial charge < -0.3 is 9.64 Å². The van der Waals surface area contributed by atoms with Crippen molar-refractivity contribution in [3.8, 4) is 29.4 Å². The van der Waals surface area contributed by atoms with Gasteiger partial charge >= 0.3 is 0 Å². The van der Waals surface area contributed by atoms with E-state index in [9.17, 15) is 0 Å². The fourth-order valence-electron chi connectivity index (χ4n) is 3.13. The summed E-state index contributed by atoms with van der Waals surface area (Å²) in [6.45, 7) is 2.38. The van der Waals surface area contributed by atoms with Gasteiger partial charge in [-0.05, 0) is 36.8 Å². The van der Waals surface area contributed by atoms with Gasteiger partial charge in [-0.3, -0.25) is 9.67 Å². The van der Waals surface area contributed by atoms with Gasteiger partial charge in [0.1, 0.15) is 17.1 Å². The first kappa shape index (κ1) is 18.4. The van der Waals surface area contributed by atoms with E-state index in [1.807, 2.05) is 55.4 Å². The van der Waals surface area contributed by atoms with Crippen molar-refractivity contribution in [2.24, 2.45) is 7.05 Å². The monoisotopic (exact) mass is 384 g/mol. The molecule has 3 aromatic heterocycles. The molecule has 0 N–H and O–H groups in total. The Hall–Kier alpha value is -3.92. The number of hydrogen-bond acceptors (Lipinski definition) is 6. The number of ether oxygens (including phenoxy) is 1. The van der Waals surface area contributed by atoms with Crippen LogP contribution in [-0.2, 0) is 7.05 Å². The zero-order valence-electron chi connectivity index (χ0n) is 16.5. The Morgan fingerprint density at radius 3 is 2.76 bits per heavy atom. The summed E-state index contributed by atoms with van der Waals surface area (Å²) in [7, 11) is 3.51. The maximum absolute atomic E-state index is 5.64. The maximum atomic E-state index is 5.64. The van der Waals surface area contributed by atoms with E-state index in [-0.39, 0.29) is 0 Å². The van der Waals surface area contributed by atoms with Crippen LogP contribution in [0.5, 0.6) is 5.75 Å². The highest BCUT2D eigenvalue weighted by molar-refractivity contribution is 5.77. The summed E-state index contributed by atoms with van der Waals surface area (Å²) < 4.78 is 7.13. The molecule has 144 valence electrons. The van der Waals surface area contributed by atoms with Crippen LogP contribution in [0.3, 0.4) is 0 Å². The average molecular weight is 384 g/mol. The van der Waals surface area contributed by atoms with E-state index in [0.29, 0.717) is 23.5 Å². The predicted molar refractivity (Wildman–Crippen MR) is 113 cm³/mol. The zero-order valence-corrected chi connectivity index (χ0v) is 16.5. The summed E-state index contributed by atoms with van der Waals surface area (Å²) in [5.41, 5.74) is 4.84. The highest BCUT2D eigenvalue weighted by atomic mass is 16.5. The topological polar surface area (TPSA) is 69.0 Å². The normalized spacial score (nSPS) is 10.7. The van der Waals surface area contributed by atoms with Gasteiger partial charge in [-0.1, -0.05) is 5.92 Å². The Balaban J connectivity index is 1.80. The Morgan fingerprint density at radius 1 is 1.17 bits per heavy atom. The summed E-state index contributed by atoms with van der Waals surface area (Å²) >= 11 is 0. The lowest BCUT2D eigenvalue weighted by atomic mass is 10.2. The summed E-state index contributed by atoms with van der Waals surface area (Å²) in [5, 5.41) is 4.19. The van der Waals surface area contributed by atoms with Crippen LogP contribution in [0.1, 0.15) is 5.56 Å². The van der Waals surface area contributed by atoms with Gasteiger partial charge in [-0.2, -0.15) is 5.10 Å². The fraction of sp³-hybridized carbons (Fsp3) is 0.182. The molecule has 0 saturated heterocycles. The smallest absolute Gasteiger partial charge is 0.180 e. The summed E-state index contributed by atoms with van der Waals surface area (Å²) in [4.78, 5) is 15.9. The Bertz CT molecular complexity index is 1220. The second kappa shape index (κ2) is 7.60. The molecule has 0 amide bonds. The van der Waals surface area contributed by atoms with Crippen LogP contribution >= 0.6 is 0 Å². The van der Waals surface area contributed by atoms with Gasteiger partial charge in [-0.15, -0.1) is 6.42 Å². The molecular formula is C22H20N6O. The molecule has 1 aromatic carbocycles. The number of aryl methyl sites for hydroxylation is 2. The average Bonchev–Trinajstić information content (AvgIpc) is 3.17. The molecule has 7 nitrogen and oxygen atoms in total. The van der Waals surface area contributed by atoms with Crippen LogP contribution in [0.15, 0.2) is 48.9 Å². The summed E-state index contributed by atoms with van der Waals surface area (Å²) in [6, 6.07) is 9.75. The minimum Gasteiger partial charge on any atom is -0.497 e. The lowest BCUT2D eigenvalue weighted by Crippen LogP contribution is -2.18. The lowest BCUT2D eigenvalue weighted by molar-refractivity contribution is 0.414. The number of benzene rings is 1. The van der Waals surface area contributed by atoms with Crippen molar-refractivity contribution < 1.29 is 4.74 Å². The van der Waals surface area contributed by atoms with Crippen molar-refractivity contribution >= 4 is 22.7 Å². The molecule has 0 spiro atoms. The van der Waals surface area contributed by atoms with E-state index < -0.39 is 0 Å². The molecule has 0 aliphatic heterocycles. The van der Waals surface area contributed by atoms with E-state index in [4.69, 9.17) is 16.1 Å². The number of anilines is 2. The number of hydrogen-bond donors (Lipinski definition) is 0.